The minimum atomic E-state index is -0.493. The summed E-state index contributed by atoms with van der Waals surface area (Å²) < 4.78 is 0. The van der Waals surface area contributed by atoms with Gasteiger partial charge in [-0.05, 0) is 36.4 Å². The Morgan fingerprint density at radius 2 is 1.59 bits per heavy atom. The average Bonchev–Trinajstić information content (AvgIpc) is 2.39. The van der Waals surface area contributed by atoms with Crippen LogP contribution in [0.2, 0.25) is 5.02 Å². The molecule has 0 spiro atoms. The van der Waals surface area contributed by atoms with E-state index in [2.05, 4.69) is 0 Å². The summed E-state index contributed by atoms with van der Waals surface area (Å²) in [6.07, 6.45) is 0. The molecule has 86 valence electrons. The van der Waals surface area contributed by atoms with Crippen LogP contribution in [0.4, 0.5) is 5.69 Å². The highest BCUT2D eigenvalue weighted by atomic mass is 35.5. The van der Waals surface area contributed by atoms with Gasteiger partial charge in [-0.15, -0.1) is 0 Å². The fraction of sp³-hybridized carbons (Fsp3) is 0. The number of hydroxylamine groups is 1. The van der Waals surface area contributed by atoms with Gasteiger partial charge in [0.15, 0.2) is 0 Å². The molecule has 3 nitrogen and oxygen atoms in total. The SMILES string of the molecule is O=C(c1ccc(Cl)cc1)N(O)c1ccccc1. The number of carbonyl (C=O) groups is 1. The Kier molecular flexibility index (Phi) is 3.42. The number of carbonyl (C=O) groups excluding carboxylic acids is 1. The monoisotopic (exact) mass is 247 g/mol. The van der Waals surface area contributed by atoms with Crippen molar-refractivity contribution in [3.63, 3.8) is 0 Å². The molecule has 2 aromatic carbocycles. The number of hydrogen-bond acceptors (Lipinski definition) is 2. The molecule has 4 heteroatoms. The number of benzene rings is 2. The summed E-state index contributed by atoms with van der Waals surface area (Å²) in [5.41, 5.74) is 0.799. The lowest BCUT2D eigenvalue weighted by atomic mass is 10.2. The third-order valence-corrected chi connectivity index (χ3v) is 2.54. The Morgan fingerprint density at radius 1 is 1.00 bits per heavy atom. The van der Waals surface area contributed by atoms with E-state index in [0.29, 0.717) is 21.3 Å². The normalized spacial score (nSPS) is 10.0. The summed E-state index contributed by atoms with van der Waals surface area (Å²) in [7, 11) is 0. The first-order valence-electron chi connectivity index (χ1n) is 5.02. The Morgan fingerprint density at radius 3 is 2.18 bits per heavy atom. The summed E-state index contributed by atoms with van der Waals surface area (Å²) >= 11 is 5.73. The van der Waals surface area contributed by atoms with Gasteiger partial charge in [0.1, 0.15) is 0 Å². The summed E-state index contributed by atoms with van der Waals surface area (Å²) in [5, 5.41) is 10.9. The smallest absolute Gasteiger partial charge is 0.281 e. The van der Waals surface area contributed by atoms with Crippen LogP contribution < -0.4 is 5.06 Å². The van der Waals surface area contributed by atoms with Gasteiger partial charge in [-0.1, -0.05) is 29.8 Å². The zero-order valence-corrected chi connectivity index (χ0v) is 9.63. The largest absolute Gasteiger partial charge is 0.281 e. The minimum Gasteiger partial charge on any atom is -0.281 e. The second-order valence-corrected chi connectivity index (χ2v) is 3.90. The lowest BCUT2D eigenvalue weighted by Gasteiger charge is -2.14. The fourth-order valence-electron chi connectivity index (χ4n) is 1.40. The van der Waals surface area contributed by atoms with Gasteiger partial charge < -0.3 is 0 Å². The summed E-state index contributed by atoms with van der Waals surface area (Å²) in [6.45, 7) is 0. The molecular weight excluding hydrogens is 238 g/mol. The lowest BCUT2D eigenvalue weighted by Crippen LogP contribution is -2.26. The zero-order chi connectivity index (χ0) is 12.3. The molecule has 0 fully saturated rings. The van der Waals surface area contributed by atoms with Crippen molar-refractivity contribution in [3.8, 4) is 0 Å². The van der Waals surface area contributed by atoms with Crippen LogP contribution in [0.5, 0.6) is 0 Å². The van der Waals surface area contributed by atoms with Crippen LogP contribution in [-0.4, -0.2) is 11.1 Å². The van der Waals surface area contributed by atoms with Crippen LogP contribution >= 0.6 is 11.6 Å². The van der Waals surface area contributed by atoms with Gasteiger partial charge in [0, 0.05) is 10.6 Å². The molecular formula is C13H10ClNO2. The zero-order valence-electron chi connectivity index (χ0n) is 8.88. The Balaban J connectivity index is 2.23. The highest BCUT2D eigenvalue weighted by molar-refractivity contribution is 6.30. The van der Waals surface area contributed by atoms with E-state index < -0.39 is 5.91 Å². The third kappa shape index (κ3) is 2.64. The van der Waals surface area contributed by atoms with Crippen LogP contribution in [-0.2, 0) is 0 Å². The second kappa shape index (κ2) is 4.99. The highest BCUT2D eigenvalue weighted by Gasteiger charge is 2.14. The minimum absolute atomic E-state index is 0.376. The number of nitrogens with zero attached hydrogens (tertiary/aromatic N) is 1. The maximum absolute atomic E-state index is 11.9. The molecule has 0 aromatic heterocycles. The Bertz CT molecular complexity index is 511. The average molecular weight is 248 g/mol. The standard InChI is InChI=1S/C13H10ClNO2/c14-11-8-6-10(7-9-11)13(16)15(17)12-4-2-1-3-5-12/h1-9,17H. The van der Waals surface area contributed by atoms with E-state index in [0.717, 1.165) is 0 Å². The lowest BCUT2D eigenvalue weighted by molar-refractivity contribution is 0.0855. The molecule has 0 atom stereocenters. The number of halogens is 1. The topological polar surface area (TPSA) is 40.5 Å². The molecule has 1 N–H and O–H groups in total. The van der Waals surface area contributed by atoms with Crippen molar-refractivity contribution in [2.45, 2.75) is 0 Å². The van der Waals surface area contributed by atoms with E-state index in [1.807, 2.05) is 6.07 Å². The van der Waals surface area contributed by atoms with E-state index in [9.17, 15) is 10.0 Å². The van der Waals surface area contributed by atoms with Gasteiger partial charge in [0.2, 0.25) is 0 Å². The van der Waals surface area contributed by atoms with Gasteiger partial charge in [-0.25, -0.2) is 0 Å². The summed E-state index contributed by atoms with van der Waals surface area (Å²) in [4.78, 5) is 11.9. The first-order valence-corrected chi connectivity index (χ1v) is 5.40. The first kappa shape index (κ1) is 11.6. The Labute approximate surface area is 104 Å². The van der Waals surface area contributed by atoms with E-state index in [1.165, 1.54) is 0 Å². The summed E-state index contributed by atoms with van der Waals surface area (Å²) in [6, 6.07) is 14.9. The van der Waals surface area contributed by atoms with E-state index in [1.54, 1.807) is 48.5 Å². The molecule has 0 aliphatic carbocycles. The van der Waals surface area contributed by atoms with Gasteiger partial charge >= 0.3 is 0 Å². The number of rotatable bonds is 2. The van der Waals surface area contributed by atoms with Crippen molar-refractivity contribution in [1.82, 2.24) is 0 Å². The van der Waals surface area contributed by atoms with E-state index >= 15 is 0 Å². The fourth-order valence-corrected chi connectivity index (χ4v) is 1.53. The maximum Gasteiger partial charge on any atom is 0.281 e. The van der Waals surface area contributed by atoms with Crippen LogP contribution in [0.1, 0.15) is 10.4 Å². The van der Waals surface area contributed by atoms with Crippen molar-refractivity contribution in [1.29, 1.82) is 0 Å². The molecule has 0 heterocycles. The molecule has 0 radical (unpaired) electrons. The van der Waals surface area contributed by atoms with Crippen LogP contribution in [0.3, 0.4) is 0 Å². The number of anilines is 1. The molecule has 0 aliphatic rings. The van der Waals surface area contributed by atoms with Crippen LogP contribution in [0.15, 0.2) is 54.6 Å². The molecule has 2 rings (SSSR count). The quantitative estimate of drug-likeness (QED) is 0.653. The van der Waals surface area contributed by atoms with Crippen molar-refractivity contribution < 1.29 is 10.0 Å². The van der Waals surface area contributed by atoms with Crippen molar-refractivity contribution in [3.05, 3.63) is 65.2 Å². The molecule has 1 amide bonds. The molecule has 0 unspecified atom stereocenters. The molecule has 0 saturated heterocycles. The molecule has 0 aliphatic heterocycles. The number of hydrogen-bond donors (Lipinski definition) is 1. The maximum atomic E-state index is 11.9. The predicted molar refractivity (Wildman–Crippen MR) is 66.5 cm³/mol. The van der Waals surface area contributed by atoms with Gasteiger partial charge in [0.05, 0.1) is 5.69 Å². The molecule has 0 saturated carbocycles. The molecule has 17 heavy (non-hydrogen) atoms. The van der Waals surface area contributed by atoms with Crippen LogP contribution in [0, 0.1) is 0 Å². The van der Waals surface area contributed by atoms with Crippen molar-refractivity contribution in [2.24, 2.45) is 0 Å². The van der Waals surface area contributed by atoms with E-state index in [-0.39, 0.29) is 0 Å². The third-order valence-electron chi connectivity index (χ3n) is 2.28. The molecule has 2 aromatic rings. The van der Waals surface area contributed by atoms with Crippen molar-refractivity contribution in [2.75, 3.05) is 5.06 Å². The summed E-state index contributed by atoms with van der Waals surface area (Å²) in [5.74, 6) is -0.493. The highest BCUT2D eigenvalue weighted by Crippen LogP contribution is 2.16. The van der Waals surface area contributed by atoms with E-state index in [4.69, 9.17) is 11.6 Å². The van der Waals surface area contributed by atoms with Gasteiger partial charge in [0.25, 0.3) is 5.91 Å². The van der Waals surface area contributed by atoms with Gasteiger partial charge in [-0.2, -0.15) is 5.06 Å². The Hall–Kier alpha value is -1.84. The number of amides is 1. The number of para-hydroxylation sites is 1. The first-order chi connectivity index (χ1) is 8.18. The second-order valence-electron chi connectivity index (χ2n) is 3.46. The van der Waals surface area contributed by atoms with Crippen LogP contribution in [0.25, 0.3) is 0 Å². The van der Waals surface area contributed by atoms with Crippen molar-refractivity contribution >= 4 is 23.2 Å². The molecule has 0 bridgehead atoms. The van der Waals surface area contributed by atoms with Gasteiger partial charge in [-0.3, -0.25) is 10.0 Å². The predicted octanol–water partition coefficient (Wildman–Crippen LogP) is 3.38.